The van der Waals surface area contributed by atoms with Gasteiger partial charge in [-0.2, -0.15) is 0 Å². The number of hydrogen-bond donors (Lipinski definition) is 4. The first-order valence-corrected chi connectivity index (χ1v) is 8.97. The largest absolute Gasteiger partial charge is 0.379 e. The fourth-order valence-corrected chi connectivity index (χ4v) is 2.63. The van der Waals surface area contributed by atoms with Crippen LogP contribution in [0.5, 0.6) is 0 Å². The summed E-state index contributed by atoms with van der Waals surface area (Å²) in [6.45, 7) is 6.10. The smallest absolute Gasteiger partial charge is 0.185 e. The standard InChI is InChI=1S/C16H25N5OS2/c23-15(17-7-6-14-4-2-1-3-5-14)19-20-16(24)18-8-9-21-10-12-22-13-11-21/h1-5H,6-13H2,(H2,17,19,23)(H2,18,20,24). The van der Waals surface area contributed by atoms with Crippen LogP contribution >= 0.6 is 24.4 Å². The van der Waals surface area contributed by atoms with Crippen LogP contribution in [0.2, 0.25) is 0 Å². The third kappa shape index (κ3) is 7.87. The summed E-state index contributed by atoms with van der Waals surface area (Å²) in [5.74, 6) is 0. The predicted octanol–water partition coefficient (Wildman–Crippen LogP) is 0.405. The number of hydrazine groups is 1. The van der Waals surface area contributed by atoms with E-state index in [9.17, 15) is 0 Å². The van der Waals surface area contributed by atoms with E-state index in [4.69, 9.17) is 29.2 Å². The second-order valence-electron chi connectivity index (χ2n) is 5.45. The first kappa shape index (κ1) is 18.9. The molecule has 0 aromatic heterocycles. The Kier molecular flexibility index (Phi) is 8.75. The van der Waals surface area contributed by atoms with E-state index >= 15 is 0 Å². The molecule has 132 valence electrons. The number of nitrogens with zero attached hydrogens (tertiary/aromatic N) is 1. The van der Waals surface area contributed by atoms with Gasteiger partial charge in [0.2, 0.25) is 0 Å². The van der Waals surface area contributed by atoms with Gasteiger partial charge in [0.15, 0.2) is 10.2 Å². The van der Waals surface area contributed by atoms with Gasteiger partial charge in [0.25, 0.3) is 0 Å². The monoisotopic (exact) mass is 367 g/mol. The lowest BCUT2D eigenvalue weighted by molar-refractivity contribution is 0.0389. The Bertz CT molecular complexity index is 508. The number of benzene rings is 1. The van der Waals surface area contributed by atoms with E-state index in [1.807, 2.05) is 18.2 Å². The van der Waals surface area contributed by atoms with Crippen LogP contribution in [0.25, 0.3) is 0 Å². The Labute approximate surface area is 154 Å². The SMILES string of the molecule is S=C(NCCc1ccccc1)NNC(=S)NCCN1CCOCC1. The maximum absolute atomic E-state index is 5.32. The molecular weight excluding hydrogens is 342 g/mol. The number of hydrogen-bond acceptors (Lipinski definition) is 4. The molecule has 1 aliphatic heterocycles. The molecule has 0 amide bonds. The van der Waals surface area contributed by atoms with Crippen molar-refractivity contribution in [1.82, 2.24) is 26.4 Å². The fraction of sp³-hybridized carbons (Fsp3) is 0.500. The van der Waals surface area contributed by atoms with Crippen molar-refractivity contribution in [3.63, 3.8) is 0 Å². The summed E-state index contributed by atoms with van der Waals surface area (Å²) in [6, 6.07) is 10.3. The van der Waals surface area contributed by atoms with Crippen LogP contribution in [0.1, 0.15) is 5.56 Å². The van der Waals surface area contributed by atoms with E-state index in [1.165, 1.54) is 5.56 Å². The molecular formula is C16H25N5OS2. The Balaban J connectivity index is 1.48. The van der Waals surface area contributed by atoms with Crippen molar-refractivity contribution in [2.75, 3.05) is 45.9 Å². The van der Waals surface area contributed by atoms with Crippen molar-refractivity contribution in [3.05, 3.63) is 35.9 Å². The molecule has 1 fully saturated rings. The summed E-state index contributed by atoms with van der Waals surface area (Å²) >= 11 is 10.4. The lowest BCUT2D eigenvalue weighted by Crippen LogP contribution is -2.51. The second-order valence-corrected chi connectivity index (χ2v) is 6.27. The van der Waals surface area contributed by atoms with Crippen molar-refractivity contribution < 1.29 is 4.74 Å². The molecule has 4 N–H and O–H groups in total. The molecule has 0 unspecified atom stereocenters. The van der Waals surface area contributed by atoms with Crippen molar-refractivity contribution in [3.8, 4) is 0 Å². The highest BCUT2D eigenvalue weighted by molar-refractivity contribution is 7.80. The van der Waals surface area contributed by atoms with E-state index in [0.29, 0.717) is 10.2 Å². The lowest BCUT2D eigenvalue weighted by Gasteiger charge is -2.26. The normalized spacial score (nSPS) is 14.7. The van der Waals surface area contributed by atoms with E-state index in [2.05, 4.69) is 38.5 Å². The number of nitrogens with one attached hydrogen (secondary N) is 4. The zero-order valence-electron chi connectivity index (χ0n) is 13.7. The molecule has 1 heterocycles. The molecule has 0 aliphatic carbocycles. The van der Waals surface area contributed by atoms with Gasteiger partial charge >= 0.3 is 0 Å². The summed E-state index contributed by atoms with van der Waals surface area (Å²) in [5, 5.41) is 7.37. The molecule has 2 rings (SSSR count). The van der Waals surface area contributed by atoms with Crippen LogP contribution in [0.4, 0.5) is 0 Å². The number of rotatable bonds is 6. The quantitative estimate of drug-likeness (QED) is 0.426. The topological polar surface area (TPSA) is 60.6 Å². The van der Waals surface area contributed by atoms with E-state index in [-0.39, 0.29) is 0 Å². The maximum Gasteiger partial charge on any atom is 0.185 e. The fourth-order valence-electron chi connectivity index (χ4n) is 2.32. The Morgan fingerprint density at radius 2 is 1.58 bits per heavy atom. The zero-order chi connectivity index (χ0) is 17.0. The molecule has 6 nitrogen and oxygen atoms in total. The van der Waals surface area contributed by atoms with Gasteiger partial charge in [0.05, 0.1) is 13.2 Å². The van der Waals surface area contributed by atoms with E-state index < -0.39 is 0 Å². The summed E-state index contributed by atoms with van der Waals surface area (Å²) in [7, 11) is 0. The Morgan fingerprint density at radius 1 is 0.958 bits per heavy atom. The molecule has 0 saturated carbocycles. The summed E-state index contributed by atoms with van der Waals surface area (Å²) in [4.78, 5) is 2.35. The van der Waals surface area contributed by atoms with Gasteiger partial charge in [-0.05, 0) is 36.4 Å². The summed E-state index contributed by atoms with van der Waals surface area (Å²) in [5.41, 5.74) is 7.06. The average molecular weight is 368 g/mol. The van der Waals surface area contributed by atoms with Crippen LogP contribution < -0.4 is 21.5 Å². The molecule has 0 bridgehead atoms. The minimum absolute atomic E-state index is 0.531. The van der Waals surface area contributed by atoms with Crippen LogP contribution in [-0.4, -0.2) is 61.1 Å². The molecule has 1 saturated heterocycles. The molecule has 0 atom stereocenters. The van der Waals surface area contributed by atoms with Gasteiger partial charge < -0.3 is 15.4 Å². The van der Waals surface area contributed by atoms with Crippen LogP contribution in [0.3, 0.4) is 0 Å². The van der Waals surface area contributed by atoms with Crippen molar-refractivity contribution in [2.45, 2.75) is 6.42 Å². The number of ether oxygens (including phenoxy) is 1. The molecule has 0 spiro atoms. The van der Waals surface area contributed by atoms with E-state index in [0.717, 1.165) is 52.4 Å². The molecule has 1 aromatic rings. The molecule has 8 heteroatoms. The minimum atomic E-state index is 0.531. The first-order valence-electron chi connectivity index (χ1n) is 8.16. The molecule has 0 radical (unpaired) electrons. The van der Waals surface area contributed by atoms with Gasteiger partial charge in [-0.15, -0.1) is 0 Å². The molecule has 1 aromatic carbocycles. The first-order chi connectivity index (χ1) is 11.7. The third-order valence-corrected chi connectivity index (χ3v) is 4.14. The highest BCUT2D eigenvalue weighted by atomic mass is 32.1. The summed E-state index contributed by atoms with van der Waals surface area (Å²) in [6.07, 6.45) is 0.922. The van der Waals surface area contributed by atoms with Crippen molar-refractivity contribution >= 4 is 34.7 Å². The Hall–Kier alpha value is -1.48. The molecule has 24 heavy (non-hydrogen) atoms. The van der Waals surface area contributed by atoms with E-state index in [1.54, 1.807) is 0 Å². The van der Waals surface area contributed by atoms with Crippen molar-refractivity contribution in [2.24, 2.45) is 0 Å². The van der Waals surface area contributed by atoms with Crippen LogP contribution in [-0.2, 0) is 11.2 Å². The minimum Gasteiger partial charge on any atom is -0.379 e. The van der Waals surface area contributed by atoms with Crippen LogP contribution in [0, 0.1) is 0 Å². The van der Waals surface area contributed by atoms with Gasteiger partial charge in [0.1, 0.15) is 0 Å². The molecule has 1 aliphatic rings. The van der Waals surface area contributed by atoms with Gasteiger partial charge in [-0.25, -0.2) is 0 Å². The number of morpholine rings is 1. The maximum atomic E-state index is 5.32. The Morgan fingerprint density at radius 3 is 2.25 bits per heavy atom. The van der Waals surface area contributed by atoms with Crippen LogP contribution in [0.15, 0.2) is 30.3 Å². The lowest BCUT2D eigenvalue weighted by atomic mass is 10.1. The zero-order valence-corrected chi connectivity index (χ0v) is 15.3. The van der Waals surface area contributed by atoms with Crippen molar-refractivity contribution in [1.29, 1.82) is 0 Å². The van der Waals surface area contributed by atoms with Gasteiger partial charge in [0, 0.05) is 32.7 Å². The highest BCUT2D eigenvalue weighted by Gasteiger charge is 2.09. The van der Waals surface area contributed by atoms with Gasteiger partial charge in [-0.1, -0.05) is 30.3 Å². The predicted molar refractivity (Wildman–Crippen MR) is 105 cm³/mol. The average Bonchev–Trinajstić information content (AvgIpc) is 2.62. The summed E-state index contributed by atoms with van der Waals surface area (Å²) < 4.78 is 5.32. The third-order valence-electron chi connectivity index (χ3n) is 3.65. The second kappa shape index (κ2) is 11.1. The highest BCUT2D eigenvalue weighted by Crippen LogP contribution is 1.98. The number of thiocarbonyl (C=S) groups is 2. The van der Waals surface area contributed by atoms with Gasteiger partial charge in [-0.3, -0.25) is 15.8 Å².